The molecule has 0 saturated heterocycles. The largest absolute Gasteiger partial charge is 0.464 e. The second-order valence-electron chi connectivity index (χ2n) is 4.65. The first-order chi connectivity index (χ1) is 9.86. The Morgan fingerprint density at radius 3 is 2.43 bits per heavy atom. The quantitative estimate of drug-likeness (QED) is 0.845. The molecule has 2 aromatic heterocycles. The fourth-order valence-electron chi connectivity index (χ4n) is 2.04. The van der Waals surface area contributed by atoms with Crippen LogP contribution in [0, 0.1) is 13.8 Å². The number of hydrogen-bond acceptors (Lipinski definition) is 5. The summed E-state index contributed by atoms with van der Waals surface area (Å²) in [4.78, 5) is 24.1. The van der Waals surface area contributed by atoms with Crippen molar-refractivity contribution in [1.82, 2.24) is 19.6 Å². The lowest BCUT2D eigenvalue weighted by atomic mass is 10.2. The third kappa shape index (κ3) is 2.51. The lowest BCUT2D eigenvalue weighted by molar-refractivity contribution is 0.0589. The number of nitrogens with zero attached hydrogens (tertiary/aromatic N) is 4. The summed E-state index contributed by atoms with van der Waals surface area (Å²) >= 11 is 0. The van der Waals surface area contributed by atoms with Crippen LogP contribution in [0.1, 0.15) is 32.2 Å². The number of hydrogen-bond donors (Lipinski definition) is 1. The van der Waals surface area contributed by atoms with Crippen LogP contribution < -0.4 is 5.32 Å². The van der Waals surface area contributed by atoms with Crippen molar-refractivity contribution in [2.24, 2.45) is 14.1 Å². The second-order valence-corrected chi connectivity index (χ2v) is 4.65. The first kappa shape index (κ1) is 14.8. The van der Waals surface area contributed by atoms with Gasteiger partial charge in [-0.3, -0.25) is 14.2 Å². The Hall–Kier alpha value is -2.64. The lowest BCUT2D eigenvalue weighted by Gasteiger charge is -2.07. The molecule has 0 radical (unpaired) electrons. The van der Waals surface area contributed by atoms with Gasteiger partial charge in [-0.1, -0.05) is 0 Å². The van der Waals surface area contributed by atoms with E-state index >= 15 is 0 Å². The van der Waals surface area contributed by atoms with Crippen LogP contribution in [0.4, 0.5) is 5.69 Å². The smallest absolute Gasteiger partial charge is 0.358 e. The minimum absolute atomic E-state index is 0.199. The van der Waals surface area contributed by atoms with E-state index in [2.05, 4.69) is 15.5 Å². The number of aryl methyl sites for hydroxylation is 3. The number of carbonyl (C=O) groups is 2. The molecule has 1 amide bonds. The fourth-order valence-corrected chi connectivity index (χ4v) is 2.04. The number of rotatable bonds is 3. The lowest BCUT2D eigenvalue weighted by Crippen LogP contribution is -2.17. The SMILES string of the molecule is COC(=O)c1c(NC(=O)c2cnn(C)c2C)c(C)nn1C. The molecule has 2 rings (SSSR count). The zero-order valence-electron chi connectivity index (χ0n) is 12.6. The minimum atomic E-state index is -0.559. The Kier molecular flexibility index (Phi) is 3.79. The van der Waals surface area contributed by atoms with Gasteiger partial charge in [0.2, 0.25) is 0 Å². The highest BCUT2D eigenvalue weighted by Crippen LogP contribution is 2.21. The number of anilines is 1. The molecule has 0 fully saturated rings. The molecule has 0 aromatic carbocycles. The zero-order chi connectivity index (χ0) is 15.7. The molecule has 0 spiro atoms. The van der Waals surface area contributed by atoms with Gasteiger partial charge in [-0.25, -0.2) is 4.79 Å². The maximum atomic E-state index is 12.3. The highest BCUT2D eigenvalue weighted by Gasteiger charge is 2.23. The average Bonchev–Trinajstić information content (AvgIpc) is 2.90. The molecule has 0 aliphatic heterocycles. The summed E-state index contributed by atoms with van der Waals surface area (Å²) in [5.74, 6) is -0.904. The molecular formula is C13H17N5O3. The Morgan fingerprint density at radius 2 is 1.90 bits per heavy atom. The van der Waals surface area contributed by atoms with Gasteiger partial charge in [0.25, 0.3) is 5.91 Å². The van der Waals surface area contributed by atoms with Crippen molar-refractivity contribution in [2.75, 3.05) is 12.4 Å². The molecule has 0 bridgehead atoms. The van der Waals surface area contributed by atoms with Gasteiger partial charge in [-0.15, -0.1) is 0 Å². The second kappa shape index (κ2) is 5.39. The topological polar surface area (TPSA) is 91.0 Å². The van der Waals surface area contributed by atoms with Crippen LogP contribution in [-0.2, 0) is 18.8 Å². The van der Waals surface area contributed by atoms with Crippen LogP contribution in [-0.4, -0.2) is 38.5 Å². The summed E-state index contributed by atoms with van der Waals surface area (Å²) in [5, 5.41) is 10.9. The fraction of sp³-hybridized carbons (Fsp3) is 0.385. The predicted octanol–water partition coefficient (Wildman–Crippen LogP) is 0.809. The van der Waals surface area contributed by atoms with Crippen LogP contribution >= 0.6 is 0 Å². The van der Waals surface area contributed by atoms with E-state index in [4.69, 9.17) is 4.74 Å². The van der Waals surface area contributed by atoms with Gasteiger partial charge in [0, 0.05) is 19.8 Å². The number of amides is 1. The summed E-state index contributed by atoms with van der Waals surface area (Å²) in [6.45, 7) is 3.50. The molecule has 0 aliphatic rings. The molecule has 8 nitrogen and oxygen atoms in total. The van der Waals surface area contributed by atoms with Gasteiger partial charge in [0.05, 0.1) is 30.3 Å². The Labute approximate surface area is 121 Å². The first-order valence-corrected chi connectivity index (χ1v) is 6.28. The molecule has 0 aliphatic carbocycles. The maximum Gasteiger partial charge on any atom is 0.358 e. The number of ether oxygens (including phenoxy) is 1. The molecule has 1 N–H and O–H groups in total. The van der Waals surface area contributed by atoms with E-state index in [1.807, 2.05) is 0 Å². The van der Waals surface area contributed by atoms with E-state index in [-0.39, 0.29) is 11.6 Å². The summed E-state index contributed by atoms with van der Waals surface area (Å²) in [7, 11) is 4.65. The average molecular weight is 291 g/mol. The van der Waals surface area contributed by atoms with Crippen molar-refractivity contribution < 1.29 is 14.3 Å². The molecule has 2 heterocycles. The van der Waals surface area contributed by atoms with Crippen LogP contribution in [0.15, 0.2) is 6.20 Å². The first-order valence-electron chi connectivity index (χ1n) is 6.28. The number of carbonyl (C=O) groups excluding carboxylic acids is 2. The number of esters is 1. The van der Waals surface area contributed by atoms with E-state index < -0.39 is 5.97 Å². The van der Waals surface area contributed by atoms with Gasteiger partial charge < -0.3 is 10.1 Å². The summed E-state index contributed by atoms with van der Waals surface area (Å²) < 4.78 is 7.70. The highest BCUT2D eigenvalue weighted by molar-refractivity contribution is 6.08. The molecule has 0 saturated carbocycles. The van der Waals surface area contributed by atoms with Crippen molar-refractivity contribution in [2.45, 2.75) is 13.8 Å². The van der Waals surface area contributed by atoms with Crippen molar-refractivity contribution in [1.29, 1.82) is 0 Å². The maximum absolute atomic E-state index is 12.3. The Bertz CT molecular complexity index is 714. The van der Waals surface area contributed by atoms with Crippen LogP contribution in [0.3, 0.4) is 0 Å². The van der Waals surface area contributed by atoms with E-state index in [0.717, 1.165) is 5.69 Å². The molecular weight excluding hydrogens is 274 g/mol. The normalized spacial score (nSPS) is 10.5. The number of methoxy groups -OCH3 is 1. The third-order valence-corrected chi connectivity index (χ3v) is 3.32. The van der Waals surface area contributed by atoms with E-state index in [1.165, 1.54) is 18.0 Å². The monoisotopic (exact) mass is 291 g/mol. The van der Waals surface area contributed by atoms with Crippen molar-refractivity contribution >= 4 is 17.6 Å². The molecule has 112 valence electrons. The van der Waals surface area contributed by atoms with Crippen LogP contribution in [0.25, 0.3) is 0 Å². The predicted molar refractivity (Wildman–Crippen MR) is 75.2 cm³/mol. The number of aromatic nitrogens is 4. The molecule has 0 atom stereocenters. The molecule has 8 heteroatoms. The Morgan fingerprint density at radius 1 is 1.24 bits per heavy atom. The molecule has 2 aromatic rings. The third-order valence-electron chi connectivity index (χ3n) is 3.32. The summed E-state index contributed by atoms with van der Waals surface area (Å²) in [6, 6.07) is 0. The minimum Gasteiger partial charge on any atom is -0.464 e. The summed E-state index contributed by atoms with van der Waals surface area (Å²) in [5.41, 5.74) is 2.25. The van der Waals surface area contributed by atoms with Crippen LogP contribution in [0.5, 0.6) is 0 Å². The molecule has 21 heavy (non-hydrogen) atoms. The van der Waals surface area contributed by atoms with Crippen molar-refractivity contribution in [3.8, 4) is 0 Å². The van der Waals surface area contributed by atoms with Gasteiger partial charge >= 0.3 is 5.97 Å². The van der Waals surface area contributed by atoms with Gasteiger partial charge in [-0.05, 0) is 13.8 Å². The summed E-state index contributed by atoms with van der Waals surface area (Å²) in [6.07, 6.45) is 1.48. The Balaban J connectivity index is 2.38. The van der Waals surface area contributed by atoms with E-state index in [9.17, 15) is 9.59 Å². The standard InChI is InChI=1S/C13H17N5O3/c1-7-10(11(13(20)21-5)18(4)16-7)15-12(19)9-6-14-17(3)8(9)2/h6H,1-5H3,(H,15,19). The number of nitrogens with one attached hydrogen (secondary N) is 1. The van der Waals surface area contributed by atoms with Crippen molar-refractivity contribution in [3.63, 3.8) is 0 Å². The molecule has 0 unspecified atom stereocenters. The van der Waals surface area contributed by atoms with Gasteiger partial charge in [0.15, 0.2) is 5.69 Å². The van der Waals surface area contributed by atoms with Crippen molar-refractivity contribution in [3.05, 3.63) is 28.8 Å². The van der Waals surface area contributed by atoms with E-state index in [1.54, 1.807) is 32.6 Å². The van der Waals surface area contributed by atoms with Crippen LogP contribution in [0.2, 0.25) is 0 Å². The van der Waals surface area contributed by atoms with Gasteiger partial charge in [0.1, 0.15) is 0 Å². The van der Waals surface area contributed by atoms with E-state index in [0.29, 0.717) is 16.9 Å². The highest BCUT2D eigenvalue weighted by atomic mass is 16.5. The van der Waals surface area contributed by atoms with Gasteiger partial charge in [-0.2, -0.15) is 10.2 Å². The zero-order valence-corrected chi connectivity index (χ0v) is 12.6.